The summed E-state index contributed by atoms with van der Waals surface area (Å²) in [6.07, 6.45) is 1.70. The number of halogens is 1. The van der Waals surface area contributed by atoms with E-state index in [9.17, 15) is 14.0 Å². The first-order chi connectivity index (χ1) is 9.47. The molecule has 4 nitrogen and oxygen atoms in total. The summed E-state index contributed by atoms with van der Waals surface area (Å²) in [5, 5.41) is 0. The quantitative estimate of drug-likeness (QED) is 0.858. The first-order valence-corrected chi connectivity index (χ1v) is 6.73. The van der Waals surface area contributed by atoms with Crippen molar-refractivity contribution in [3.05, 3.63) is 35.6 Å². The van der Waals surface area contributed by atoms with Crippen LogP contribution in [0, 0.1) is 5.82 Å². The fourth-order valence-corrected chi connectivity index (χ4v) is 2.74. The molecule has 1 aliphatic rings. The van der Waals surface area contributed by atoms with Crippen molar-refractivity contribution in [1.29, 1.82) is 0 Å². The average molecular weight is 279 g/mol. The van der Waals surface area contributed by atoms with Crippen molar-refractivity contribution < 1.29 is 18.7 Å². The van der Waals surface area contributed by atoms with Gasteiger partial charge < -0.3 is 10.5 Å². The highest BCUT2D eigenvalue weighted by Crippen LogP contribution is 2.43. The predicted octanol–water partition coefficient (Wildman–Crippen LogP) is 2.05. The number of hydrogen-bond donors (Lipinski definition) is 1. The van der Waals surface area contributed by atoms with Gasteiger partial charge in [-0.15, -0.1) is 0 Å². The number of amides is 1. The van der Waals surface area contributed by atoms with Crippen LogP contribution in [0.3, 0.4) is 0 Å². The Balaban J connectivity index is 2.33. The smallest absolute Gasteiger partial charge is 0.317 e. The Bertz CT molecular complexity index is 524. The molecule has 0 saturated heterocycles. The van der Waals surface area contributed by atoms with Crippen molar-refractivity contribution in [3.63, 3.8) is 0 Å². The standard InChI is InChI=1S/C15H18FNO3/c1-10(13(17)18)20-14(19)15(8-4-5-9-15)11-6-2-3-7-12(11)16/h2-3,6-7,10H,4-5,8-9H2,1H3,(H2,17,18)/t10-/m0/s1. The molecule has 20 heavy (non-hydrogen) atoms. The van der Waals surface area contributed by atoms with E-state index in [1.54, 1.807) is 18.2 Å². The third-order valence-electron chi connectivity index (χ3n) is 3.92. The van der Waals surface area contributed by atoms with Gasteiger partial charge in [0.2, 0.25) is 0 Å². The van der Waals surface area contributed by atoms with Crippen LogP contribution < -0.4 is 5.73 Å². The van der Waals surface area contributed by atoms with E-state index in [1.165, 1.54) is 13.0 Å². The van der Waals surface area contributed by atoms with Crippen molar-refractivity contribution in [3.8, 4) is 0 Å². The summed E-state index contributed by atoms with van der Waals surface area (Å²) in [6.45, 7) is 1.42. The van der Waals surface area contributed by atoms with Crippen molar-refractivity contribution >= 4 is 11.9 Å². The number of ether oxygens (including phenoxy) is 1. The van der Waals surface area contributed by atoms with Crippen molar-refractivity contribution in [2.24, 2.45) is 5.73 Å². The van der Waals surface area contributed by atoms with Gasteiger partial charge in [-0.25, -0.2) is 4.39 Å². The maximum Gasteiger partial charge on any atom is 0.317 e. The van der Waals surface area contributed by atoms with E-state index in [2.05, 4.69) is 0 Å². The van der Waals surface area contributed by atoms with E-state index >= 15 is 0 Å². The van der Waals surface area contributed by atoms with Crippen LogP contribution >= 0.6 is 0 Å². The van der Waals surface area contributed by atoms with Crippen molar-refractivity contribution in [1.82, 2.24) is 0 Å². The maximum absolute atomic E-state index is 14.0. The van der Waals surface area contributed by atoms with E-state index in [0.717, 1.165) is 12.8 Å². The highest BCUT2D eigenvalue weighted by Gasteiger charge is 2.46. The first-order valence-electron chi connectivity index (χ1n) is 6.73. The molecule has 1 amide bonds. The third kappa shape index (κ3) is 2.53. The Morgan fingerprint density at radius 1 is 1.30 bits per heavy atom. The SMILES string of the molecule is C[C@H](OC(=O)C1(c2ccccc2F)CCCC1)C(N)=O. The largest absolute Gasteiger partial charge is 0.452 e. The van der Waals surface area contributed by atoms with Gasteiger partial charge in [0.25, 0.3) is 5.91 Å². The lowest BCUT2D eigenvalue weighted by Crippen LogP contribution is -2.40. The highest BCUT2D eigenvalue weighted by molar-refractivity contribution is 5.87. The van der Waals surface area contributed by atoms with Crippen LogP contribution in [0.4, 0.5) is 4.39 Å². The zero-order valence-electron chi connectivity index (χ0n) is 11.4. The summed E-state index contributed by atoms with van der Waals surface area (Å²) >= 11 is 0. The molecule has 1 aromatic rings. The fraction of sp³-hybridized carbons (Fsp3) is 0.467. The third-order valence-corrected chi connectivity index (χ3v) is 3.92. The summed E-state index contributed by atoms with van der Waals surface area (Å²) in [5.74, 6) is -1.69. The lowest BCUT2D eigenvalue weighted by Gasteiger charge is -2.28. The Hall–Kier alpha value is -1.91. The Morgan fingerprint density at radius 3 is 2.45 bits per heavy atom. The molecule has 0 bridgehead atoms. The average Bonchev–Trinajstić information content (AvgIpc) is 2.89. The first kappa shape index (κ1) is 14.5. The number of nitrogens with two attached hydrogens (primary N) is 1. The second-order valence-electron chi connectivity index (χ2n) is 5.22. The van der Waals surface area contributed by atoms with Gasteiger partial charge in [0, 0.05) is 5.56 Å². The van der Waals surface area contributed by atoms with E-state index in [-0.39, 0.29) is 0 Å². The van der Waals surface area contributed by atoms with E-state index in [0.29, 0.717) is 18.4 Å². The predicted molar refractivity (Wildman–Crippen MR) is 71.3 cm³/mol. The summed E-state index contributed by atoms with van der Waals surface area (Å²) in [4.78, 5) is 23.5. The van der Waals surface area contributed by atoms with Crippen LogP contribution in [0.1, 0.15) is 38.2 Å². The lowest BCUT2D eigenvalue weighted by molar-refractivity contribution is -0.159. The van der Waals surface area contributed by atoms with Crippen molar-refractivity contribution in [2.45, 2.75) is 44.1 Å². The van der Waals surface area contributed by atoms with Gasteiger partial charge in [-0.2, -0.15) is 0 Å². The Morgan fingerprint density at radius 2 is 1.90 bits per heavy atom. The van der Waals surface area contributed by atoms with Crippen LogP contribution in [0.25, 0.3) is 0 Å². The van der Waals surface area contributed by atoms with E-state index in [4.69, 9.17) is 10.5 Å². The molecule has 1 saturated carbocycles. The Kier molecular flexibility index (Phi) is 4.06. The number of benzene rings is 1. The minimum absolute atomic E-state index is 0.346. The van der Waals surface area contributed by atoms with Crippen LogP contribution in [0.5, 0.6) is 0 Å². The van der Waals surface area contributed by atoms with Crippen LogP contribution in [-0.2, 0) is 19.7 Å². The molecule has 2 N–H and O–H groups in total. The maximum atomic E-state index is 14.0. The Labute approximate surface area is 117 Å². The molecule has 2 rings (SSSR count). The van der Waals surface area contributed by atoms with Crippen molar-refractivity contribution in [2.75, 3.05) is 0 Å². The van der Waals surface area contributed by atoms with Gasteiger partial charge in [0.15, 0.2) is 6.10 Å². The van der Waals surface area contributed by atoms with Crippen LogP contribution in [0.2, 0.25) is 0 Å². The zero-order valence-corrected chi connectivity index (χ0v) is 11.4. The van der Waals surface area contributed by atoms with Gasteiger partial charge >= 0.3 is 5.97 Å². The second-order valence-corrected chi connectivity index (χ2v) is 5.22. The molecule has 1 aliphatic carbocycles. The molecule has 0 spiro atoms. The van der Waals surface area contributed by atoms with Crippen LogP contribution in [-0.4, -0.2) is 18.0 Å². The molecular weight excluding hydrogens is 261 g/mol. The minimum atomic E-state index is -1.01. The summed E-state index contributed by atoms with van der Waals surface area (Å²) in [5.41, 5.74) is 4.46. The van der Waals surface area contributed by atoms with Crippen LogP contribution in [0.15, 0.2) is 24.3 Å². The van der Waals surface area contributed by atoms with E-state index in [1.807, 2.05) is 0 Å². The number of carbonyl (C=O) groups excluding carboxylic acids is 2. The molecule has 0 unspecified atom stereocenters. The molecule has 1 aromatic carbocycles. The highest BCUT2D eigenvalue weighted by atomic mass is 19.1. The molecule has 1 atom stereocenters. The lowest BCUT2D eigenvalue weighted by atomic mass is 9.78. The molecule has 5 heteroatoms. The summed E-state index contributed by atoms with van der Waals surface area (Å²) < 4.78 is 19.2. The molecular formula is C15H18FNO3. The zero-order chi connectivity index (χ0) is 14.8. The normalized spacial score (nSPS) is 18.5. The van der Waals surface area contributed by atoms with E-state index < -0.39 is 29.2 Å². The topological polar surface area (TPSA) is 69.4 Å². The molecule has 0 aliphatic heterocycles. The molecule has 108 valence electrons. The molecule has 0 aromatic heterocycles. The molecule has 0 radical (unpaired) electrons. The molecule has 1 fully saturated rings. The second kappa shape index (κ2) is 5.61. The van der Waals surface area contributed by atoms with Gasteiger partial charge in [-0.3, -0.25) is 9.59 Å². The number of esters is 1. The van der Waals surface area contributed by atoms with Gasteiger partial charge in [0.05, 0.1) is 5.41 Å². The van der Waals surface area contributed by atoms with Gasteiger partial charge in [-0.05, 0) is 25.8 Å². The molecule has 0 heterocycles. The fourth-order valence-electron chi connectivity index (χ4n) is 2.74. The monoisotopic (exact) mass is 279 g/mol. The minimum Gasteiger partial charge on any atom is -0.452 e. The van der Waals surface area contributed by atoms with Gasteiger partial charge in [-0.1, -0.05) is 31.0 Å². The van der Waals surface area contributed by atoms with Gasteiger partial charge in [0.1, 0.15) is 5.82 Å². The number of primary amides is 1. The number of carbonyl (C=O) groups is 2. The number of rotatable bonds is 4. The summed E-state index contributed by atoms with van der Waals surface area (Å²) in [6, 6.07) is 6.22. The number of hydrogen-bond acceptors (Lipinski definition) is 3. The summed E-state index contributed by atoms with van der Waals surface area (Å²) in [7, 11) is 0.